The molecule has 0 unspecified atom stereocenters. The Morgan fingerprint density at radius 3 is 2.41 bits per heavy atom. The molecule has 158 valence electrons. The van der Waals surface area contributed by atoms with Crippen LogP contribution in [0.3, 0.4) is 0 Å². The summed E-state index contributed by atoms with van der Waals surface area (Å²) >= 11 is 1.39. The fourth-order valence-electron chi connectivity index (χ4n) is 3.63. The maximum Gasteiger partial charge on any atom is 0.257 e. The van der Waals surface area contributed by atoms with Gasteiger partial charge in [0.25, 0.3) is 5.91 Å². The normalized spacial score (nSPS) is 11.1. The molecule has 32 heavy (non-hydrogen) atoms. The molecule has 1 N–H and O–H groups in total. The number of benzene rings is 3. The number of thiophene rings is 1. The first-order valence-corrected chi connectivity index (χ1v) is 10.9. The van der Waals surface area contributed by atoms with Gasteiger partial charge in [-0.3, -0.25) is 14.9 Å². The van der Waals surface area contributed by atoms with Gasteiger partial charge in [0.15, 0.2) is 5.58 Å². The second-order valence-electron chi connectivity index (χ2n) is 7.44. The number of methoxy groups -OCH3 is 1. The molecule has 2 aromatic heterocycles. The standard InChI is InChI=1S/C26H19NO4S/c1-15-7-9-17(10-8-15)25(29)27-26-21(16-11-13-18(30-2)14-12-16)22(28)24-23(31-26)19-5-3-4-6-20(19)32-24/h3-14H,1-2H3,(H,27,29). The van der Waals surface area contributed by atoms with E-state index in [1.165, 1.54) is 11.3 Å². The lowest BCUT2D eigenvalue weighted by atomic mass is 10.1. The maximum absolute atomic E-state index is 13.6. The van der Waals surface area contributed by atoms with Gasteiger partial charge < -0.3 is 9.15 Å². The Kier molecular flexibility index (Phi) is 4.99. The number of hydrogen-bond acceptors (Lipinski definition) is 5. The van der Waals surface area contributed by atoms with Crippen LogP contribution in [0.4, 0.5) is 5.88 Å². The molecule has 6 heteroatoms. The van der Waals surface area contributed by atoms with E-state index < -0.39 is 0 Å². The van der Waals surface area contributed by atoms with Crippen LogP contribution in [0.5, 0.6) is 5.75 Å². The van der Waals surface area contributed by atoms with Gasteiger partial charge in [0.05, 0.1) is 12.7 Å². The third-order valence-electron chi connectivity index (χ3n) is 5.33. The zero-order valence-electron chi connectivity index (χ0n) is 17.5. The van der Waals surface area contributed by atoms with Crippen LogP contribution in [-0.4, -0.2) is 13.0 Å². The van der Waals surface area contributed by atoms with Crippen LogP contribution in [0.25, 0.3) is 31.5 Å². The molecule has 0 atom stereocenters. The number of aryl methyl sites for hydroxylation is 1. The number of fused-ring (bicyclic) bond motifs is 3. The number of ether oxygens (including phenoxy) is 1. The Labute approximate surface area is 187 Å². The Morgan fingerprint density at radius 2 is 1.69 bits per heavy atom. The summed E-state index contributed by atoms with van der Waals surface area (Å²) in [5.74, 6) is 0.454. The highest BCUT2D eigenvalue weighted by molar-refractivity contribution is 7.25. The first-order valence-electron chi connectivity index (χ1n) is 10.1. The molecule has 2 heterocycles. The number of rotatable bonds is 4. The van der Waals surface area contributed by atoms with Gasteiger partial charge in [-0.25, -0.2) is 0 Å². The molecular formula is C26H19NO4S. The van der Waals surface area contributed by atoms with Crippen LogP contribution >= 0.6 is 11.3 Å². The van der Waals surface area contributed by atoms with Crippen molar-refractivity contribution in [3.8, 4) is 16.9 Å². The summed E-state index contributed by atoms with van der Waals surface area (Å²) in [6.45, 7) is 1.96. The van der Waals surface area contributed by atoms with E-state index in [2.05, 4.69) is 5.32 Å². The highest BCUT2D eigenvalue weighted by atomic mass is 32.1. The van der Waals surface area contributed by atoms with Gasteiger partial charge in [-0.05, 0) is 48.9 Å². The van der Waals surface area contributed by atoms with Gasteiger partial charge in [0.1, 0.15) is 10.4 Å². The summed E-state index contributed by atoms with van der Waals surface area (Å²) in [5, 5.41) is 3.67. The minimum atomic E-state index is -0.346. The third kappa shape index (κ3) is 3.44. The summed E-state index contributed by atoms with van der Waals surface area (Å²) in [4.78, 5) is 26.6. The van der Waals surface area contributed by atoms with E-state index in [0.717, 1.165) is 15.6 Å². The summed E-state index contributed by atoms with van der Waals surface area (Å²) in [6, 6.07) is 22.0. The highest BCUT2D eigenvalue weighted by Crippen LogP contribution is 2.37. The molecule has 0 bridgehead atoms. The second-order valence-corrected chi connectivity index (χ2v) is 8.49. The number of anilines is 1. The molecule has 5 nitrogen and oxygen atoms in total. The summed E-state index contributed by atoms with van der Waals surface area (Å²) < 4.78 is 12.9. The SMILES string of the molecule is COc1ccc(-c2c(NC(=O)c3ccc(C)cc3)oc3c(sc4ccccc43)c2=O)cc1. The summed E-state index contributed by atoms with van der Waals surface area (Å²) in [7, 11) is 1.58. The van der Waals surface area contributed by atoms with Crippen molar-refractivity contribution in [2.75, 3.05) is 12.4 Å². The molecule has 5 aromatic rings. The zero-order valence-corrected chi connectivity index (χ0v) is 18.3. The van der Waals surface area contributed by atoms with Crippen molar-refractivity contribution in [2.24, 2.45) is 0 Å². The fourth-order valence-corrected chi connectivity index (χ4v) is 4.71. The van der Waals surface area contributed by atoms with Crippen molar-refractivity contribution in [3.63, 3.8) is 0 Å². The van der Waals surface area contributed by atoms with E-state index >= 15 is 0 Å². The largest absolute Gasteiger partial charge is 0.497 e. The van der Waals surface area contributed by atoms with E-state index in [4.69, 9.17) is 9.15 Å². The highest BCUT2D eigenvalue weighted by Gasteiger charge is 2.22. The van der Waals surface area contributed by atoms with Gasteiger partial charge >= 0.3 is 0 Å². The smallest absolute Gasteiger partial charge is 0.257 e. The van der Waals surface area contributed by atoms with E-state index in [0.29, 0.717) is 32.7 Å². The molecule has 1 amide bonds. The van der Waals surface area contributed by atoms with Crippen LogP contribution in [-0.2, 0) is 0 Å². The molecule has 5 rings (SSSR count). The molecule has 0 aliphatic rings. The Balaban J connectivity index is 1.72. The molecule has 0 saturated heterocycles. The fraction of sp³-hybridized carbons (Fsp3) is 0.0769. The number of carbonyl (C=O) groups is 1. The lowest BCUT2D eigenvalue weighted by Gasteiger charge is -2.11. The molecule has 0 aliphatic carbocycles. The van der Waals surface area contributed by atoms with E-state index in [9.17, 15) is 9.59 Å². The quantitative estimate of drug-likeness (QED) is 0.358. The molecule has 3 aromatic carbocycles. The van der Waals surface area contributed by atoms with E-state index in [1.54, 1.807) is 43.5 Å². The molecule has 0 aliphatic heterocycles. The van der Waals surface area contributed by atoms with Crippen LogP contribution in [0.15, 0.2) is 82.0 Å². The van der Waals surface area contributed by atoms with Crippen molar-refractivity contribution in [1.29, 1.82) is 0 Å². The molecule has 0 saturated carbocycles. The van der Waals surface area contributed by atoms with Gasteiger partial charge in [-0.2, -0.15) is 0 Å². The number of carbonyl (C=O) groups excluding carboxylic acids is 1. The lowest BCUT2D eigenvalue weighted by Crippen LogP contribution is -2.16. The topological polar surface area (TPSA) is 68.5 Å². The lowest BCUT2D eigenvalue weighted by molar-refractivity contribution is 0.102. The Morgan fingerprint density at radius 1 is 0.969 bits per heavy atom. The first-order chi connectivity index (χ1) is 15.5. The van der Waals surface area contributed by atoms with Crippen molar-refractivity contribution in [1.82, 2.24) is 0 Å². The number of nitrogens with one attached hydrogen (secondary N) is 1. The average molecular weight is 442 g/mol. The van der Waals surface area contributed by atoms with Crippen molar-refractivity contribution in [2.45, 2.75) is 6.92 Å². The van der Waals surface area contributed by atoms with Gasteiger partial charge in [-0.1, -0.05) is 42.0 Å². The molecule has 0 spiro atoms. The minimum absolute atomic E-state index is 0.127. The van der Waals surface area contributed by atoms with Crippen LogP contribution in [0.2, 0.25) is 0 Å². The zero-order chi connectivity index (χ0) is 22.2. The number of hydrogen-bond donors (Lipinski definition) is 1. The maximum atomic E-state index is 13.6. The number of amides is 1. The van der Waals surface area contributed by atoms with Crippen molar-refractivity contribution in [3.05, 3.63) is 94.1 Å². The molecular weight excluding hydrogens is 422 g/mol. The van der Waals surface area contributed by atoms with Crippen LogP contribution in [0, 0.1) is 6.92 Å². The summed E-state index contributed by atoms with van der Waals surface area (Å²) in [5.41, 5.74) is 2.78. The predicted octanol–water partition coefficient (Wildman–Crippen LogP) is 6.24. The predicted molar refractivity (Wildman–Crippen MR) is 129 cm³/mol. The monoisotopic (exact) mass is 441 g/mol. The van der Waals surface area contributed by atoms with Gasteiger partial charge in [0.2, 0.25) is 11.3 Å². The van der Waals surface area contributed by atoms with Crippen molar-refractivity contribution >= 4 is 43.5 Å². The summed E-state index contributed by atoms with van der Waals surface area (Å²) in [6.07, 6.45) is 0. The molecule has 0 fully saturated rings. The average Bonchev–Trinajstić information content (AvgIpc) is 3.19. The van der Waals surface area contributed by atoms with Gasteiger partial charge in [0, 0.05) is 15.6 Å². The van der Waals surface area contributed by atoms with E-state index in [1.807, 2.05) is 43.3 Å². The van der Waals surface area contributed by atoms with E-state index in [-0.39, 0.29) is 17.2 Å². The Bertz CT molecular complexity index is 1510. The minimum Gasteiger partial charge on any atom is -0.497 e. The van der Waals surface area contributed by atoms with Crippen LogP contribution in [0.1, 0.15) is 15.9 Å². The Hall–Kier alpha value is -3.90. The second kappa shape index (κ2) is 7.98. The van der Waals surface area contributed by atoms with Crippen LogP contribution < -0.4 is 15.5 Å². The first kappa shape index (κ1) is 20.0. The van der Waals surface area contributed by atoms with Crippen molar-refractivity contribution < 1.29 is 13.9 Å². The molecule has 0 radical (unpaired) electrons. The third-order valence-corrected chi connectivity index (χ3v) is 6.48. The van der Waals surface area contributed by atoms with Gasteiger partial charge in [-0.15, -0.1) is 11.3 Å².